The molecule has 2 aromatic rings. The van der Waals surface area contributed by atoms with Crippen LogP contribution in [0.5, 0.6) is 5.75 Å². The van der Waals surface area contributed by atoms with Gasteiger partial charge in [0.1, 0.15) is 11.9 Å². The fraction of sp³-hybridized carbons (Fsp3) is 0.676. The summed E-state index contributed by atoms with van der Waals surface area (Å²) < 4.78 is 6.74. The van der Waals surface area contributed by atoms with E-state index in [1.54, 1.807) is 0 Å². The third kappa shape index (κ3) is 12.5. The summed E-state index contributed by atoms with van der Waals surface area (Å²) in [4.78, 5) is 0. The minimum absolute atomic E-state index is 0.364. The van der Waals surface area contributed by atoms with Crippen molar-refractivity contribution >= 4 is 0 Å². The predicted octanol–water partition coefficient (Wildman–Crippen LogP) is 9.14. The molecule has 2 aromatic carbocycles. The first kappa shape index (κ1) is 35.3. The van der Waals surface area contributed by atoms with Crippen molar-refractivity contribution in [3.8, 4) is 5.75 Å². The van der Waals surface area contributed by atoms with Crippen molar-refractivity contribution in [3.05, 3.63) is 65.2 Å². The highest BCUT2D eigenvalue weighted by Crippen LogP contribution is 2.40. The summed E-state index contributed by atoms with van der Waals surface area (Å²) in [5.41, 5.74) is 2.08. The van der Waals surface area contributed by atoms with E-state index in [0.717, 1.165) is 42.6 Å². The zero-order valence-electron chi connectivity index (χ0n) is 26.3. The summed E-state index contributed by atoms with van der Waals surface area (Å²) in [5, 5.41) is 31.4. The van der Waals surface area contributed by atoms with Crippen LogP contribution in [0.15, 0.2) is 48.5 Å². The van der Waals surface area contributed by atoms with Gasteiger partial charge < -0.3 is 20.1 Å². The van der Waals surface area contributed by atoms with Crippen LogP contribution < -0.4 is 4.74 Å². The number of ether oxygens (including phenoxy) is 1. The van der Waals surface area contributed by atoms with Crippen LogP contribution in [-0.2, 0) is 12.8 Å². The maximum absolute atomic E-state index is 10.5. The molecule has 0 bridgehead atoms. The van der Waals surface area contributed by atoms with E-state index in [0.29, 0.717) is 0 Å². The molecule has 1 atom stereocenters. The number of unbranched alkanes of at least 4 members (excludes halogenated alkanes) is 14. The van der Waals surface area contributed by atoms with Gasteiger partial charge >= 0.3 is 0 Å². The Morgan fingerprint density at radius 3 is 1.46 bits per heavy atom. The average Bonchev–Trinajstić information content (AvgIpc) is 3.01. The Balaban J connectivity index is 2.12. The number of hydrogen-bond acceptors (Lipinski definition) is 4. The van der Waals surface area contributed by atoms with E-state index in [9.17, 15) is 15.3 Å². The molecule has 0 saturated heterocycles. The molecule has 0 heterocycles. The first-order valence-electron chi connectivity index (χ1n) is 16.8. The van der Waals surface area contributed by atoms with Crippen molar-refractivity contribution in [1.82, 2.24) is 0 Å². The number of benzene rings is 2. The van der Waals surface area contributed by atoms with Gasteiger partial charge in [-0.3, -0.25) is 0 Å². The molecule has 0 amide bonds. The Labute approximate surface area is 251 Å². The van der Waals surface area contributed by atoms with Crippen LogP contribution in [0, 0.1) is 5.41 Å². The summed E-state index contributed by atoms with van der Waals surface area (Å²) in [7, 11) is 0. The van der Waals surface area contributed by atoms with Gasteiger partial charge in [-0.25, -0.2) is 0 Å². The summed E-state index contributed by atoms with van der Waals surface area (Å²) in [6, 6.07) is 16.4. The van der Waals surface area contributed by atoms with Gasteiger partial charge in [0.25, 0.3) is 0 Å². The lowest BCUT2D eigenvalue weighted by molar-refractivity contribution is -0.0747. The van der Waals surface area contributed by atoms with Crippen LogP contribution in [-0.4, -0.2) is 35.1 Å². The molecule has 0 radical (unpaired) electrons. The second kappa shape index (κ2) is 21.8. The van der Waals surface area contributed by atoms with E-state index in [-0.39, 0.29) is 19.8 Å². The summed E-state index contributed by atoms with van der Waals surface area (Å²) in [6.45, 7) is 3.42. The zero-order chi connectivity index (χ0) is 29.6. The molecule has 41 heavy (non-hydrogen) atoms. The molecule has 4 heteroatoms. The smallest absolute Gasteiger partial charge is 0.136 e. The van der Waals surface area contributed by atoms with Gasteiger partial charge in [-0.2, -0.15) is 0 Å². The number of aryl methyl sites for hydroxylation is 2. The van der Waals surface area contributed by atoms with Crippen LogP contribution in [0.2, 0.25) is 0 Å². The second-order valence-corrected chi connectivity index (χ2v) is 12.1. The fourth-order valence-corrected chi connectivity index (χ4v) is 5.79. The van der Waals surface area contributed by atoms with Crippen molar-refractivity contribution in [2.75, 3.05) is 19.8 Å². The van der Waals surface area contributed by atoms with E-state index in [1.807, 2.05) is 24.3 Å². The normalized spacial score (nSPS) is 12.5. The Morgan fingerprint density at radius 2 is 0.951 bits per heavy atom. The minimum Gasteiger partial charge on any atom is -0.485 e. The Hall–Kier alpha value is -1.88. The second-order valence-electron chi connectivity index (χ2n) is 12.1. The maximum Gasteiger partial charge on any atom is 0.136 e. The number of aliphatic hydroxyl groups excluding tert-OH is 3. The number of rotatable bonds is 25. The van der Waals surface area contributed by atoms with Crippen LogP contribution in [0.3, 0.4) is 0 Å². The van der Waals surface area contributed by atoms with Gasteiger partial charge in [-0.15, -0.1) is 0 Å². The Bertz CT molecular complexity index is 899. The topological polar surface area (TPSA) is 69.9 Å². The molecule has 2 rings (SSSR count). The highest BCUT2D eigenvalue weighted by molar-refractivity contribution is 5.37. The van der Waals surface area contributed by atoms with Gasteiger partial charge in [0.05, 0.1) is 25.2 Å². The van der Waals surface area contributed by atoms with Gasteiger partial charge in [-0.05, 0) is 48.4 Å². The highest BCUT2D eigenvalue weighted by Gasteiger charge is 2.42. The minimum atomic E-state index is -1.19. The van der Waals surface area contributed by atoms with Gasteiger partial charge in [0, 0.05) is 0 Å². The fourth-order valence-electron chi connectivity index (χ4n) is 5.79. The maximum atomic E-state index is 10.5. The van der Waals surface area contributed by atoms with Crippen molar-refractivity contribution in [1.29, 1.82) is 0 Å². The lowest BCUT2D eigenvalue weighted by Gasteiger charge is -2.38. The highest BCUT2D eigenvalue weighted by atomic mass is 16.5. The molecular weight excluding hydrogens is 508 g/mol. The average molecular weight is 569 g/mol. The quantitative estimate of drug-likeness (QED) is 0.104. The van der Waals surface area contributed by atoms with Crippen LogP contribution >= 0.6 is 0 Å². The number of hydrogen-bond donors (Lipinski definition) is 3. The van der Waals surface area contributed by atoms with E-state index >= 15 is 0 Å². The van der Waals surface area contributed by atoms with E-state index < -0.39 is 11.5 Å². The van der Waals surface area contributed by atoms with Crippen LogP contribution in [0.25, 0.3) is 0 Å². The standard InChI is InChI=1S/C37H60O4/c1-3-5-7-9-11-13-15-17-23-32-24-19-21-27-34(32)36(37(29-38,30-39)31-40)41-35-28-22-20-26-33(35)25-18-16-14-12-10-8-6-4-2/h19-22,24,26-28,36,38-40H,3-18,23,25,29-31H2,1-2H3. The van der Waals surface area contributed by atoms with E-state index in [4.69, 9.17) is 4.74 Å². The van der Waals surface area contributed by atoms with Crippen LogP contribution in [0.1, 0.15) is 139 Å². The number of para-hydroxylation sites is 1. The first-order chi connectivity index (χ1) is 20.2. The largest absolute Gasteiger partial charge is 0.485 e. The third-order valence-corrected chi connectivity index (χ3v) is 8.66. The molecule has 0 aromatic heterocycles. The SMILES string of the molecule is CCCCCCCCCCc1ccccc1OC(c1ccccc1CCCCCCCCCC)C(CO)(CO)CO. The molecule has 0 fully saturated rings. The van der Waals surface area contributed by atoms with Crippen molar-refractivity contribution in [2.45, 2.75) is 136 Å². The molecule has 0 saturated carbocycles. The molecule has 0 aliphatic carbocycles. The Morgan fingerprint density at radius 1 is 0.537 bits per heavy atom. The molecule has 232 valence electrons. The van der Waals surface area contributed by atoms with Gasteiger partial charge in [0.2, 0.25) is 0 Å². The molecular formula is C37H60O4. The lowest BCUT2D eigenvalue weighted by Crippen LogP contribution is -2.43. The van der Waals surface area contributed by atoms with Gasteiger partial charge in [-0.1, -0.05) is 146 Å². The summed E-state index contributed by atoms with van der Waals surface area (Å²) >= 11 is 0. The number of aliphatic hydroxyl groups is 3. The Kier molecular flexibility index (Phi) is 18.8. The first-order valence-corrected chi connectivity index (χ1v) is 16.8. The molecule has 0 aliphatic rings. The monoisotopic (exact) mass is 568 g/mol. The molecule has 4 nitrogen and oxygen atoms in total. The summed E-state index contributed by atoms with van der Waals surface area (Å²) in [6.07, 6.45) is 21.5. The van der Waals surface area contributed by atoms with Crippen molar-refractivity contribution < 1.29 is 20.1 Å². The lowest BCUT2D eigenvalue weighted by atomic mass is 9.78. The summed E-state index contributed by atoms with van der Waals surface area (Å²) in [5.74, 6) is 0.780. The zero-order valence-corrected chi connectivity index (χ0v) is 26.3. The van der Waals surface area contributed by atoms with Gasteiger partial charge in [0.15, 0.2) is 0 Å². The van der Waals surface area contributed by atoms with Crippen molar-refractivity contribution in [3.63, 3.8) is 0 Å². The molecule has 0 aliphatic heterocycles. The van der Waals surface area contributed by atoms with E-state index in [1.165, 1.54) is 95.5 Å². The van der Waals surface area contributed by atoms with E-state index in [2.05, 4.69) is 38.1 Å². The molecule has 3 N–H and O–H groups in total. The molecule has 1 unspecified atom stereocenters. The predicted molar refractivity (Wildman–Crippen MR) is 173 cm³/mol. The molecule has 0 spiro atoms. The van der Waals surface area contributed by atoms with Crippen molar-refractivity contribution in [2.24, 2.45) is 5.41 Å². The van der Waals surface area contributed by atoms with Crippen LogP contribution in [0.4, 0.5) is 0 Å². The third-order valence-electron chi connectivity index (χ3n) is 8.66.